The summed E-state index contributed by atoms with van der Waals surface area (Å²) >= 11 is 0. The van der Waals surface area contributed by atoms with Crippen molar-refractivity contribution in [3.8, 4) is 0 Å². The van der Waals surface area contributed by atoms with Crippen molar-refractivity contribution in [2.24, 2.45) is 0 Å². The summed E-state index contributed by atoms with van der Waals surface area (Å²) < 4.78 is 5.47. The number of rotatable bonds is 42. The van der Waals surface area contributed by atoms with Crippen molar-refractivity contribution in [1.29, 1.82) is 0 Å². The molecule has 0 aromatic rings. The van der Waals surface area contributed by atoms with Crippen molar-refractivity contribution in [3.63, 3.8) is 0 Å². The SMILES string of the molecule is CCCCCCCCCCCCCCCCCCCCCCCCCCCC(=O)OCCCCCCCCCCCCCCCCC. The molecule has 0 aromatic carbocycles. The van der Waals surface area contributed by atoms with Gasteiger partial charge in [-0.05, 0) is 12.8 Å². The van der Waals surface area contributed by atoms with Crippen LogP contribution in [0.1, 0.15) is 277 Å². The molecular formula is C45H90O2. The molecule has 0 N–H and O–H groups in total. The Morgan fingerprint density at radius 2 is 0.468 bits per heavy atom. The fourth-order valence-corrected chi connectivity index (χ4v) is 7.14. The summed E-state index contributed by atoms with van der Waals surface area (Å²) in [5.74, 6) is 0.0319. The number of carbonyl (C=O) groups excluding carboxylic acids is 1. The van der Waals surface area contributed by atoms with Crippen molar-refractivity contribution in [3.05, 3.63) is 0 Å². The van der Waals surface area contributed by atoms with Crippen LogP contribution in [0.4, 0.5) is 0 Å². The van der Waals surface area contributed by atoms with E-state index in [1.165, 1.54) is 244 Å². The van der Waals surface area contributed by atoms with Gasteiger partial charge in [0.15, 0.2) is 0 Å². The molecule has 0 fully saturated rings. The van der Waals surface area contributed by atoms with Gasteiger partial charge in [0.25, 0.3) is 0 Å². The fraction of sp³-hybridized carbons (Fsp3) is 0.978. The molecule has 0 saturated carbocycles. The lowest BCUT2D eigenvalue weighted by Gasteiger charge is -2.06. The van der Waals surface area contributed by atoms with Gasteiger partial charge in [-0.25, -0.2) is 0 Å². The molecule has 0 atom stereocenters. The van der Waals surface area contributed by atoms with E-state index in [1.54, 1.807) is 0 Å². The Kier molecular flexibility index (Phi) is 43.0. The van der Waals surface area contributed by atoms with E-state index in [0.717, 1.165) is 12.8 Å². The summed E-state index contributed by atoms with van der Waals surface area (Å²) in [4.78, 5) is 12.0. The Balaban J connectivity index is 3.13. The highest BCUT2D eigenvalue weighted by Crippen LogP contribution is 2.17. The molecule has 0 unspecified atom stereocenters. The third-order valence-electron chi connectivity index (χ3n) is 10.5. The van der Waals surface area contributed by atoms with Gasteiger partial charge in [0.2, 0.25) is 0 Å². The predicted octanol–water partition coefficient (Wildman–Crippen LogP) is 16.6. The number of unbranched alkanes of at least 4 members (excludes halogenated alkanes) is 38. The molecular weight excluding hydrogens is 572 g/mol. The quantitative estimate of drug-likeness (QED) is 0.0480. The number of carbonyl (C=O) groups is 1. The predicted molar refractivity (Wildman–Crippen MR) is 212 cm³/mol. The molecule has 2 heteroatoms. The highest BCUT2D eigenvalue weighted by molar-refractivity contribution is 5.69. The zero-order valence-electron chi connectivity index (χ0n) is 33.0. The minimum absolute atomic E-state index is 0.0319. The zero-order valence-corrected chi connectivity index (χ0v) is 33.0. The summed E-state index contributed by atoms with van der Waals surface area (Å²) in [5.41, 5.74) is 0. The van der Waals surface area contributed by atoms with Crippen LogP contribution in [0.5, 0.6) is 0 Å². The summed E-state index contributed by atoms with van der Waals surface area (Å²) in [6.45, 7) is 5.23. The van der Waals surface area contributed by atoms with Gasteiger partial charge < -0.3 is 4.74 Å². The summed E-state index contributed by atoms with van der Waals surface area (Å²) in [5, 5.41) is 0. The van der Waals surface area contributed by atoms with Crippen LogP contribution < -0.4 is 0 Å². The van der Waals surface area contributed by atoms with Gasteiger partial charge >= 0.3 is 5.97 Å². The van der Waals surface area contributed by atoms with E-state index in [1.807, 2.05) is 0 Å². The van der Waals surface area contributed by atoms with Crippen LogP contribution in [0.15, 0.2) is 0 Å². The van der Waals surface area contributed by atoms with Gasteiger partial charge in [0.1, 0.15) is 0 Å². The first kappa shape index (κ1) is 46.5. The van der Waals surface area contributed by atoms with Crippen molar-refractivity contribution < 1.29 is 9.53 Å². The molecule has 47 heavy (non-hydrogen) atoms. The second-order valence-corrected chi connectivity index (χ2v) is 15.4. The molecule has 0 saturated heterocycles. The van der Waals surface area contributed by atoms with Gasteiger partial charge in [-0.15, -0.1) is 0 Å². The zero-order chi connectivity index (χ0) is 34.0. The smallest absolute Gasteiger partial charge is 0.305 e. The van der Waals surface area contributed by atoms with Crippen molar-refractivity contribution in [1.82, 2.24) is 0 Å². The largest absolute Gasteiger partial charge is 0.466 e. The van der Waals surface area contributed by atoms with Gasteiger partial charge in [-0.2, -0.15) is 0 Å². The second kappa shape index (κ2) is 43.5. The first-order valence-corrected chi connectivity index (χ1v) is 22.5. The van der Waals surface area contributed by atoms with Crippen LogP contribution in [-0.4, -0.2) is 12.6 Å². The molecule has 0 rings (SSSR count). The molecule has 0 spiro atoms. The van der Waals surface area contributed by atoms with E-state index < -0.39 is 0 Å². The highest BCUT2D eigenvalue weighted by atomic mass is 16.5. The molecule has 0 bridgehead atoms. The minimum atomic E-state index is 0.0319. The Bertz CT molecular complexity index is 558. The molecule has 0 aromatic heterocycles. The highest BCUT2D eigenvalue weighted by Gasteiger charge is 2.03. The van der Waals surface area contributed by atoms with Crippen molar-refractivity contribution in [2.75, 3.05) is 6.61 Å². The topological polar surface area (TPSA) is 26.3 Å². The lowest BCUT2D eigenvalue weighted by atomic mass is 10.0. The number of ether oxygens (including phenoxy) is 1. The van der Waals surface area contributed by atoms with Gasteiger partial charge in [-0.3, -0.25) is 4.79 Å². The molecule has 0 radical (unpaired) electrons. The van der Waals surface area contributed by atoms with Crippen LogP contribution in [0.3, 0.4) is 0 Å². The molecule has 282 valence electrons. The van der Waals surface area contributed by atoms with E-state index in [-0.39, 0.29) is 5.97 Å². The van der Waals surface area contributed by atoms with E-state index in [4.69, 9.17) is 4.74 Å². The first-order valence-electron chi connectivity index (χ1n) is 22.5. The van der Waals surface area contributed by atoms with E-state index in [0.29, 0.717) is 13.0 Å². The molecule has 0 aliphatic heterocycles. The minimum Gasteiger partial charge on any atom is -0.466 e. The number of hydrogen-bond donors (Lipinski definition) is 0. The van der Waals surface area contributed by atoms with Gasteiger partial charge in [0.05, 0.1) is 6.61 Å². The molecule has 0 aliphatic carbocycles. The first-order chi connectivity index (χ1) is 23.3. The van der Waals surface area contributed by atoms with E-state index >= 15 is 0 Å². The molecule has 0 aliphatic rings. The second-order valence-electron chi connectivity index (χ2n) is 15.4. The van der Waals surface area contributed by atoms with Crippen LogP contribution in [0, 0.1) is 0 Å². The maximum absolute atomic E-state index is 12.0. The van der Waals surface area contributed by atoms with Crippen LogP contribution in [0.2, 0.25) is 0 Å². The van der Waals surface area contributed by atoms with Crippen LogP contribution in [0.25, 0.3) is 0 Å². The van der Waals surface area contributed by atoms with Crippen LogP contribution >= 0.6 is 0 Å². The summed E-state index contributed by atoms with van der Waals surface area (Å²) in [6, 6.07) is 0. The average molecular weight is 663 g/mol. The Labute approximate surface area is 298 Å². The third-order valence-corrected chi connectivity index (χ3v) is 10.5. The van der Waals surface area contributed by atoms with Gasteiger partial charge in [-0.1, -0.05) is 258 Å². The van der Waals surface area contributed by atoms with Crippen molar-refractivity contribution >= 4 is 5.97 Å². The summed E-state index contributed by atoms with van der Waals surface area (Å²) in [6.07, 6.45) is 56.4. The Morgan fingerprint density at radius 3 is 0.702 bits per heavy atom. The summed E-state index contributed by atoms with van der Waals surface area (Å²) in [7, 11) is 0. The standard InChI is InChI=1S/C45H90O2/c1-3-5-7-9-11-13-15-17-19-20-21-22-23-24-25-26-27-28-29-31-33-35-37-39-41-43-45(46)47-44-42-40-38-36-34-32-30-18-16-14-12-10-8-6-4-2/h3-44H2,1-2H3. The lowest BCUT2D eigenvalue weighted by Crippen LogP contribution is -2.05. The maximum atomic E-state index is 12.0. The number of esters is 1. The Morgan fingerprint density at radius 1 is 0.277 bits per heavy atom. The van der Waals surface area contributed by atoms with Gasteiger partial charge in [0, 0.05) is 6.42 Å². The van der Waals surface area contributed by atoms with E-state index in [9.17, 15) is 4.79 Å². The molecule has 0 heterocycles. The van der Waals surface area contributed by atoms with Crippen molar-refractivity contribution in [2.45, 2.75) is 277 Å². The fourth-order valence-electron chi connectivity index (χ4n) is 7.14. The monoisotopic (exact) mass is 663 g/mol. The Hall–Kier alpha value is -0.530. The third kappa shape index (κ3) is 43.4. The maximum Gasteiger partial charge on any atom is 0.305 e. The lowest BCUT2D eigenvalue weighted by molar-refractivity contribution is -0.143. The van der Waals surface area contributed by atoms with E-state index in [2.05, 4.69) is 13.8 Å². The molecule has 2 nitrogen and oxygen atoms in total. The average Bonchev–Trinajstić information content (AvgIpc) is 3.08. The number of hydrogen-bond acceptors (Lipinski definition) is 2. The molecule has 0 amide bonds. The van der Waals surface area contributed by atoms with Crippen LogP contribution in [-0.2, 0) is 9.53 Å². The normalized spacial score (nSPS) is 11.4.